The van der Waals surface area contributed by atoms with Crippen molar-refractivity contribution >= 4 is 11.5 Å². The minimum atomic E-state index is 0.0554. The van der Waals surface area contributed by atoms with E-state index in [9.17, 15) is 0 Å². The zero-order valence-electron chi connectivity index (χ0n) is 14.7. The molecule has 0 radical (unpaired) electrons. The molecule has 25 heavy (non-hydrogen) atoms. The first-order chi connectivity index (χ1) is 12.2. The molecule has 1 atom stereocenters. The van der Waals surface area contributed by atoms with Crippen molar-refractivity contribution in [2.45, 2.75) is 32.7 Å². The third-order valence-corrected chi connectivity index (χ3v) is 4.62. The van der Waals surface area contributed by atoms with Gasteiger partial charge in [0, 0.05) is 17.7 Å². The second kappa shape index (κ2) is 6.24. The molecule has 0 amide bonds. The van der Waals surface area contributed by atoms with Crippen LogP contribution in [0.15, 0.2) is 52.1 Å². The Bertz CT molecular complexity index is 905. The standard InChI is InChI=1S/C20H21N3O2/c1-4-16-19(14-7-9-15(24-3)10-8-14)20-21-13(2)12-17(23(20)22-16)18-6-5-11-25-18/h5-11,17H,4,12H2,1-3H3/t17-/m1/s1. The number of rotatable bonds is 4. The average Bonchev–Trinajstić information content (AvgIpc) is 3.28. The van der Waals surface area contributed by atoms with E-state index in [0.29, 0.717) is 0 Å². The lowest BCUT2D eigenvalue weighted by Gasteiger charge is -2.21. The smallest absolute Gasteiger partial charge is 0.159 e. The summed E-state index contributed by atoms with van der Waals surface area (Å²) < 4.78 is 13.0. The number of aliphatic imine (C=N–C) groups is 1. The highest BCUT2D eigenvalue weighted by Crippen LogP contribution is 2.41. The SMILES string of the molecule is CCc1nn2c(c1-c1ccc(OC)cc1)N=C(C)C[C@@H]2c1ccco1. The molecule has 4 rings (SSSR count). The van der Waals surface area contributed by atoms with Crippen LogP contribution in [0.2, 0.25) is 0 Å². The van der Waals surface area contributed by atoms with Crippen LogP contribution in [-0.4, -0.2) is 22.6 Å². The van der Waals surface area contributed by atoms with E-state index in [2.05, 4.69) is 26.0 Å². The lowest BCUT2D eigenvalue weighted by molar-refractivity contribution is 0.408. The van der Waals surface area contributed by atoms with Crippen LogP contribution in [0.4, 0.5) is 5.82 Å². The quantitative estimate of drug-likeness (QED) is 0.688. The predicted octanol–water partition coefficient (Wildman–Crippen LogP) is 4.80. The number of nitrogens with zero attached hydrogens (tertiary/aromatic N) is 3. The largest absolute Gasteiger partial charge is 0.497 e. The van der Waals surface area contributed by atoms with Gasteiger partial charge in [0.05, 0.1) is 19.1 Å². The van der Waals surface area contributed by atoms with E-state index < -0.39 is 0 Å². The number of aromatic nitrogens is 2. The Morgan fingerprint density at radius 3 is 2.68 bits per heavy atom. The molecular formula is C20H21N3O2. The summed E-state index contributed by atoms with van der Waals surface area (Å²) in [5.41, 5.74) is 4.35. The first kappa shape index (κ1) is 15.7. The maximum Gasteiger partial charge on any atom is 0.159 e. The molecule has 0 aliphatic carbocycles. The molecule has 5 heteroatoms. The molecule has 0 saturated heterocycles. The van der Waals surface area contributed by atoms with Crippen molar-refractivity contribution < 1.29 is 9.15 Å². The molecule has 1 aromatic carbocycles. The summed E-state index contributed by atoms with van der Waals surface area (Å²) in [5.74, 6) is 2.67. The van der Waals surface area contributed by atoms with Gasteiger partial charge in [-0.1, -0.05) is 19.1 Å². The fraction of sp³-hybridized carbons (Fsp3) is 0.300. The van der Waals surface area contributed by atoms with Crippen LogP contribution in [0.3, 0.4) is 0 Å². The van der Waals surface area contributed by atoms with E-state index in [4.69, 9.17) is 19.2 Å². The fourth-order valence-electron chi connectivity index (χ4n) is 3.39. The molecule has 128 valence electrons. The van der Waals surface area contributed by atoms with Crippen molar-refractivity contribution in [3.8, 4) is 16.9 Å². The molecule has 1 aliphatic rings. The Morgan fingerprint density at radius 2 is 2.04 bits per heavy atom. The molecule has 3 aromatic rings. The van der Waals surface area contributed by atoms with Crippen molar-refractivity contribution in [3.63, 3.8) is 0 Å². The molecule has 0 fully saturated rings. The van der Waals surface area contributed by atoms with Crippen LogP contribution >= 0.6 is 0 Å². The summed E-state index contributed by atoms with van der Waals surface area (Å²) in [6.07, 6.45) is 3.37. The Labute approximate surface area is 147 Å². The lowest BCUT2D eigenvalue weighted by Crippen LogP contribution is -2.18. The molecular weight excluding hydrogens is 314 g/mol. The summed E-state index contributed by atoms with van der Waals surface area (Å²) in [4.78, 5) is 4.84. The second-order valence-corrected chi connectivity index (χ2v) is 6.25. The number of ether oxygens (including phenoxy) is 1. The van der Waals surface area contributed by atoms with Crippen molar-refractivity contribution in [1.29, 1.82) is 0 Å². The van der Waals surface area contributed by atoms with Gasteiger partial charge in [-0.3, -0.25) is 0 Å². The van der Waals surface area contributed by atoms with Crippen LogP contribution in [0.25, 0.3) is 11.1 Å². The zero-order chi connectivity index (χ0) is 17.4. The van der Waals surface area contributed by atoms with Gasteiger partial charge in [-0.15, -0.1) is 0 Å². The minimum absolute atomic E-state index is 0.0554. The van der Waals surface area contributed by atoms with Gasteiger partial charge in [0.1, 0.15) is 17.6 Å². The van der Waals surface area contributed by atoms with Crippen molar-refractivity contribution in [2.24, 2.45) is 4.99 Å². The highest BCUT2D eigenvalue weighted by molar-refractivity contribution is 5.90. The van der Waals surface area contributed by atoms with Crippen LogP contribution < -0.4 is 4.74 Å². The first-order valence-electron chi connectivity index (χ1n) is 8.54. The molecule has 0 bridgehead atoms. The fourth-order valence-corrected chi connectivity index (χ4v) is 3.39. The topological polar surface area (TPSA) is 52.5 Å². The van der Waals surface area contributed by atoms with E-state index in [1.165, 1.54) is 0 Å². The van der Waals surface area contributed by atoms with Crippen molar-refractivity contribution in [3.05, 3.63) is 54.1 Å². The molecule has 1 aliphatic heterocycles. The number of furan rings is 1. The summed E-state index contributed by atoms with van der Waals surface area (Å²) in [6.45, 7) is 4.19. The number of benzene rings is 1. The van der Waals surface area contributed by atoms with E-state index in [0.717, 1.165) is 52.7 Å². The number of fused-ring (bicyclic) bond motifs is 1. The van der Waals surface area contributed by atoms with Gasteiger partial charge in [-0.25, -0.2) is 9.67 Å². The van der Waals surface area contributed by atoms with Gasteiger partial charge in [-0.05, 0) is 43.2 Å². The Morgan fingerprint density at radius 1 is 1.24 bits per heavy atom. The van der Waals surface area contributed by atoms with Gasteiger partial charge in [-0.2, -0.15) is 5.10 Å². The van der Waals surface area contributed by atoms with Gasteiger partial charge in [0.15, 0.2) is 5.82 Å². The third-order valence-electron chi connectivity index (χ3n) is 4.62. The van der Waals surface area contributed by atoms with Crippen LogP contribution in [0, 0.1) is 0 Å². The zero-order valence-corrected chi connectivity index (χ0v) is 14.7. The average molecular weight is 335 g/mol. The molecule has 0 N–H and O–H groups in total. The van der Waals surface area contributed by atoms with Crippen LogP contribution in [0.5, 0.6) is 5.75 Å². The molecule has 0 unspecified atom stereocenters. The molecule has 0 spiro atoms. The Kier molecular flexibility index (Phi) is 3.92. The number of hydrogen-bond acceptors (Lipinski definition) is 4. The Balaban J connectivity index is 1.88. The van der Waals surface area contributed by atoms with Gasteiger partial charge >= 0.3 is 0 Å². The van der Waals surface area contributed by atoms with Gasteiger partial charge < -0.3 is 9.15 Å². The summed E-state index contributed by atoms with van der Waals surface area (Å²) in [6, 6.07) is 12.1. The molecule has 5 nitrogen and oxygen atoms in total. The summed E-state index contributed by atoms with van der Waals surface area (Å²) >= 11 is 0. The second-order valence-electron chi connectivity index (χ2n) is 6.25. The molecule has 0 saturated carbocycles. The highest BCUT2D eigenvalue weighted by Gasteiger charge is 2.29. The van der Waals surface area contributed by atoms with Gasteiger partial charge in [0.2, 0.25) is 0 Å². The van der Waals surface area contributed by atoms with Crippen LogP contribution in [-0.2, 0) is 6.42 Å². The maximum atomic E-state index is 5.66. The number of aryl methyl sites for hydroxylation is 1. The van der Waals surface area contributed by atoms with Crippen LogP contribution in [0.1, 0.15) is 37.8 Å². The van der Waals surface area contributed by atoms with E-state index in [1.807, 2.05) is 28.9 Å². The highest BCUT2D eigenvalue weighted by atomic mass is 16.5. The van der Waals surface area contributed by atoms with E-state index in [1.54, 1.807) is 13.4 Å². The predicted molar refractivity (Wildman–Crippen MR) is 97.8 cm³/mol. The number of methoxy groups -OCH3 is 1. The normalized spacial score (nSPS) is 16.4. The Hall–Kier alpha value is -2.82. The third kappa shape index (κ3) is 2.65. The minimum Gasteiger partial charge on any atom is -0.497 e. The van der Waals surface area contributed by atoms with Crippen molar-refractivity contribution in [2.75, 3.05) is 7.11 Å². The van der Waals surface area contributed by atoms with Crippen molar-refractivity contribution in [1.82, 2.24) is 9.78 Å². The first-order valence-corrected chi connectivity index (χ1v) is 8.54. The summed E-state index contributed by atoms with van der Waals surface area (Å²) in [5, 5.41) is 4.88. The molecule has 2 aromatic heterocycles. The number of hydrogen-bond donors (Lipinski definition) is 0. The molecule has 3 heterocycles. The van der Waals surface area contributed by atoms with E-state index in [-0.39, 0.29) is 6.04 Å². The monoisotopic (exact) mass is 335 g/mol. The lowest BCUT2D eigenvalue weighted by atomic mass is 10.0. The summed E-state index contributed by atoms with van der Waals surface area (Å²) in [7, 11) is 1.68. The van der Waals surface area contributed by atoms with Gasteiger partial charge in [0.25, 0.3) is 0 Å². The maximum absolute atomic E-state index is 5.66. The van der Waals surface area contributed by atoms with E-state index >= 15 is 0 Å².